The van der Waals surface area contributed by atoms with Gasteiger partial charge in [-0.3, -0.25) is 0 Å². The van der Waals surface area contributed by atoms with Crippen LogP contribution in [0, 0.1) is 0 Å². The zero-order chi connectivity index (χ0) is 15.5. The molecule has 3 N–H and O–H groups in total. The summed E-state index contributed by atoms with van der Waals surface area (Å²) in [5, 5.41) is 9.53. The lowest BCUT2D eigenvalue weighted by Gasteiger charge is -2.19. The standard InChI is InChI=1S/C15H14F3NO2/c16-15(17,18)11-6-2-1-5-10(11)12(19)9-21-14-8-4-3-7-13(14)20/h1-8,12,20H,9,19H2. The molecule has 2 aromatic carbocycles. The number of aromatic hydroxyl groups is 1. The van der Waals surface area contributed by atoms with Gasteiger partial charge in [-0.1, -0.05) is 30.3 Å². The largest absolute Gasteiger partial charge is 0.504 e. The van der Waals surface area contributed by atoms with Gasteiger partial charge in [0.1, 0.15) is 6.61 Å². The molecule has 112 valence electrons. The van der Waals surface area contributed by atoms with Gasteiger partial charge < -0.3 is 15.6 Å². The highest BCUT2D eigenvalue weighted by atomic mass is 19.4. The Hall–Kier alpha value is -2.21. The van der Waals surface area contributed by atoms with Crippen LogP contribution < -0.4 is 10.5 Å². The number of phenols is 1. The molecule has 0 aliphatic rings. The third-order valence-electron chi connectivity index (χ3n) is 2.95. The lowest BCUT2D eigenvalue weighted by molar-refractivity contribution is -0.138. The van der Waals surface area contributed by atoms with Gasteiger partial charge in [-0.15, -0.1) is 0 Å². The van der Waals surface area contributed by atoms with Crippen LogP contribution in [0.4, 0.5) is 13.2 Å². The number of hydrogen-bond donors (Lipinski definition) is 2. The molecular weight excluding hydrogens is 283 g/mol. The topological polar surface area (TPSA) is 55.5 Å². The van der Waals surface area contributed by atoms with Crippen molar-refractivity contribution in [2.45, 2.75) is 12.2 Å². The first kappa shape index (κ1) is 15.2. The summed E-state index contributed by atoms with van der Waals surface area (Å²) >= 11 is 0. The Morgan fingerprint density at radius 3 is 2.33 bits per heavy atom. The second kappa shape index (κ2) is 6.05. The van der Waals surface area contributed by atoms with E-state index in [1.54, 1.807) is 12.1 Å². The first-order valence-corrected chi connectivity index (χ1v) is 6.22. The number of rotatable bonds is 4. The lowest BCUT2D eigenvalue weighted by Crippen LogP contribution is -2.23. The Morgan fingerprint density at radius 1 is 1.05 bits per heavy atom. The molecule has 0 heterocycles. The minimum absolute atomic E-state index is 0.0413. The monoisotopic (exact) mass is 297 g/mol. The second-order valence-electron chi connectivity index (χ2n) is 4.47. The Balaban J connectivity index is 2.15. The van der Waals surface area contributed by atoms with Crippen LogP contribution in [0.15, 0.2) is 48.5 Å². The molecule has 0 aliphatic carbocycles. The lowest BCUT2D eigenvalue weighted by atomic mass is 10.0. The number of phenolic OH excluding ortho intramolecular Hbond substituents is 1. The van der Waals surface area contributed by atoms with Crippen LogP contribution in [0.1, 0.15) is 17.2 Å². The maximum absolute atomic E-state index is 12.9. The van der Waals surface area contributed by atoms with Gasteiger partial charge >= 0.3 is 6.18 Å². The second-order valence-corrected chi connectivity index (χ2v) is 4.47. The molecular formula is C15H14F3NO2. The molecule has 0 saturated heterocycles. The summed E-state index contributed by atoms with van der Waals surface area (Å²) in [4.78, 5) is 0. The third-order valence-corrected chi connectivity index (χ3v) is 2.95. The van der Waals surface area contributed by atoms with Crippen molar-refractivity contribution < 1.29 is 23.0 Å². The number of alkyl halides is 3. The van der Waals surface area contributed by atoms with E-state index in [-0.39, 0.29) is 23.7 Å². The Labute approximate surface area is 119 Å². The van der Waals surface area contributed by atoms with E-state index >= 15 is 0 Å². The first-order valence-electron chi connectivity index (χ1n) is 6.22. The third kappa shape index (κ3) is 3.66. The van der Waals surface area contributed by atoms with Crippen molar-refractivity contribution >= 4 is 0 Å². The molecule has 21 heavy (non-hydrogen) atoms. The molecule has 0 saturated carbocycles. The minimum Gasteiger partial charge on any atom is -0.504 e. The molecule has 0 aromatic heterocycles. The van der Waals surface area contributed by atoms with Crippen molar-refractivity contribution in [3.05, 3.63) is 59.7 Å². The predicted molar refractivity (Wildman–Crippen MR) is 72.0 cm³/mol. The van der Waals surface area contributed by atoms with Gasteiger partial charge in [0.25, 0.3) is 0 Å². The van der Waals surface area contributed by atoms with E-state index in [1.165, 1.54) is 30.3 Å². The summed E-state index contributed by atoms with van der Waals surface area (Å²) in [5.41, 5.74) is 4.96. The van der Waals surface area contributed by atoms with Crippen LogP contribution in [-0.2, 0) is 6.18 Å². The minimum atomic E-state index is -4.47. The molecule has 0 fully saturated rings. The number of ether oxygens (including phenoxy) is 1. The van der Waals surface area contributed by atoms with Crippen molar-refractivity contribution in [1.82, 2.24) is 0 Å². The van der Waals surface area contributed by atoms with Gasteiger partial charge in [-0.25, -0.2) is 0 Å². The van der Waals surface area contributed by atoms with Crippen LogP contribution in [0.3, 0.4) is 0 Å². The van der Waals surface area contributed by atoms with E-state index in [0.29, 0.717) is 0 Å². The summed E-state index contributed by atoms with van der Waals surface area (Å²) in [5.74, 6) is 0.0891. The smallest absolute Gasteiger partial charge is 0.416 e. The number of nitrogens with two attached hydrogens (primary N) is 1. The van der Waals surface area contributed by atoms with Gasteiger partial charge in [-0.2, -0.15) is 13.2 Å². The van der Waals surface area contributed by atoms with Crippen molar-refractivity contribution in [2.75, 3.05) is 6.61 Å². The van der Waals surface area contributed by atoms with E-state index in [0.717, 1.165) is 6.07 Å². The molecule has 3 nitrogen and oxygen atoms in total. The fourth-order valence-corrected chi connectivity index (χ4v) is 1.93. The van der Waals surface area contributed by atoms with E-state index in [4.69, 9.17) is 10.5 Å². The molecule has 0 amide bonds. The van der Waals surface area contributed by atoms with Gasteiger partial charge in [0.2, 0.25) is 0 Å². The molecule has 1 unspecified atom stereocenters. The van der Waals surface area contributed by atoms with Crippen LogP contribution >= 0.6 is 0 Å². The van der Waals surface area contributed by atoms with Crippen LogP contribution in [0.5, 0.6) is 11.5 Å². The number of benzene rings is 2. The Bertz CT molecular complexity index is 614. The molecule has 6 heteroatoms. The van der Waals surface area contributed by atoms with Crippen LogP contribution in [0.25, 0.3) is 0 Å². The highest BCUT2D eigenvalue weighted by Crippen LogP contribution is 2.34. The summed E-state index contributed by atoms with van der Waals surface area (Å²) in [6, 6.07) is 10.3. The fourth-order valence-electron chi connectivity index (χ4n) is 1.93. The molecule has 1 atom stereocenters. The molecule has 2 rings (SSSR count). The molecule has 0 aliphatic heterocycles. The SMILES string of the molecule is NC(COc1ccccc1O)c1ccccc1C(F)(F)F. The average molecular weight is 297 g/mol. The summed E-state index contributed by atoms with van der Waals surface area (Å²) in [6.07, 6.45) is -4.47. The van der Waals surface area contributed by atoms with Crippen molar-refractivity contribution in [2.24, 2.45) is 5.73 Å². The van der Waals surface area contributed by atoms with Gasteiger partial charge in [-0.05, 0) is 23.8 Å². The maximum Gasteiger partial charge on any atom is 0.416 e. The van der Waals surface area contributed by atoms with Gasteiger partial charge in [0.15, 0.2) is 11.5 Å². The Kier molecular flexibility index (Phi) is 4.37. The van der Waals surface area contributed by atoms with Crippen molar-refractivity contribution in [3.8, 4) is 11.5 Å². The maximum atomic E-state index is 12.9. The van der Waals surface area contributed by atoms with Crippen molar-refractivity contribution in [1.29, 1.82) is 0 Å². The number of para-hydroxylation sites is 2. The molecule has 0 radical (unpaired) electrons. The van der Waals surface area contributed by atoms with E-state index in [9.17, 15) is 18.3 Å². The van der Waals surface area contributed by atoms with Crippen LogP contribution in [0.2, 0.25) is 0 Å². The fraction of sp³-hybridized carbons (Fsp3) is 0.200. The average Bonchev–Trinajstić information content (AvgIpc) is 2.45. The zero-order valence-corrected chi connectivity index (χ0v) is 11.0. The zero-order valence-electron chi connectivity index (χ0n) is 11.0. The van der Waals surface area contributed by atoms with E-state index < -0.39 is 17.8 Å². The van der Waals surface area contributed by atoms with Gasteiger partial charge in [0, 0.05) is 0 Å². The number of halogens is 3. The summed E-state index contributed by atoms with van der Waals surface area (Å²) in [6.45, 7) is -0.176. The predicted octanol–water partition coefficient (Wildman–Crippen LogP) is 3.49. The summed E-state index contributed by atoms with van der Waals surface area (Å²) < 4.78 is 44.0. The molecule has 2 aromatic rings. The number of hydrogen-bond acceptors (Lipinski definition) is 3. The van der Waals surface area contributed by atoms with E-state index in [2.05, 4.69) is 0 Å². The molecule has 0 bridgehead atoms. The summed E-state index contributed by atoms with van der Waals surface area (Å²) in [7, 11) is 0. The highest BCUT2D eigenvalue weighted by molar-refractivity contribution is 5.38. The molecule has 0 spiro atoms. The van der Waals surface area contributed by atoms with Crippen molar-refractivity contribution in [3.63, 3.8) is 0 Å². The normalized spacial score (nSPS) is 13.0. The first-order chi connectivity index (χ1) is 9.89. The highest BCUT2D eigenvalue weighted by Gasteiger charge is 2.34. The quantitative estimate of drug-likeness (QED) is 0.908. The van der Waals surface area contributed by atoms with Crippen LogP contribution in [-0.4, -0.2) is 11.7 Å². The Morgan fingerprint density at radius 2 is 1.67 bits per heavy atom. The van der Waals surface area contributed by atoms with E-state index in [1.807, 2.05) is 0 Å². The van der Waals surface area contributed by atoms with Gasteiger partial charge in [0.05, 0.1) is 11.6 Å².